The number of rotatable bonds is 3. The molecule has 90 valence electrons. The van der Waals surface area contributed by atoms with Crippen LogP contribution in [-0.2, 0) is 6.42 Å². The topological polar surface area (TPSA) is 20.2 Å². The molecule has 1 aromatic heterocycles. The Balaban J connectivity index is 2.18. The lowest BCUT2D eigenvalue weighted by Crippen LogP contribution is -2.01. The molecule has 0 radical (unpaired) electrons. The highest BCUT2D eigenvalue weighted by molar-refractivity contribution is 9.11. The number of thiophene rings is 1. The zero-order valence-electron chi connectivity index (χ0n) is 8.66. The van der Waals surface area contributed by atoms with Gasteiger partial charge in [0.2, 0.25) is 0 Å². The van der Waals surface area contributed by atoms with Crippen LogP contribution in [0, 0.1) is 5.82 Å². The Hall–Kier alpha value is -0.420. The first-order chi connectivity index (χ1) is 8.08. The van der Waals surface area contributed by atoms with Crippen LogP contribution in [0.4, 0.5) is 4.39 Å². The first-order valence-corrected chi connectivity index (χ1v) is 6.98. The average Bonchev–Trinajstić information content (AvgIpc) is 2.72. The number of aliphatic hydroxyl groups excluding tert-OH is 1. The summed E-state index contributed by atoms with van der Waals surface area (Å²) in [4.78, 5) is 0. The molecule has 1 nitrogen and oxygen atoms in total. The summed E-state index contributed by atoms with van der Waals surface area (Å²) in [6.45, 7) is 0. The molecule has 17 heavy (non-hydrogen) atoms. The Kier molecular flexibility index (Phi) is 4.20. The maximum atomic E-state index is 13.2. The van der Waals surface area contributed by atoms with Crippen LogP contribution in [0.25, 0.3) is 0 Å². The van der Waals surface area contributed by atoms with Gasteiger partial charge in [0.05, 0.1) is 14.9 Å². The van der Waals surface area contributed by atoms with E-state index in [0.717, 1.165) is 9.35 Å². The van der Waals surface area contributed by atoms with Crippen LogP contribution < -0.4 is 0 Å². The molecule has 0 bridgehead atoms. The van der Waals surface area contributed by atoms with Crippen LogP contribution in [0.5, 0.6) is 0 Å². The third-order valence-corrected chi connectivity index (χ3v) is 4.36. The average molecular weight is 336 g/mol. The van der Waals surface area contributed by atoms with E-state index in [1.54, 1.807) is 12.1 Å². The SMILES string of the molecule is OC(Cc1cccc(F)c1Cl)c1csc(Br)c1. The lowest BCUT2D eigenvalue weighted by atomic mass is 10.0. The molecule has 2 aromatic rings. The van der Waals surface area contributed by atoms with E-state index >= 15 is 0 Å². The molecule has 0 amide bonds. The summed E-state index contributed by atoms with van der Waals surface area (Å²) < 4.78 is 14.2. The van der Waals surface area contributed by atoms with Crippen LogP contribution in [-0.4, -0.2) is 5.11 Å². The third-order valence-electron chi connectivity index (χ3n) is 2.42. The first-order valence-electron chi connectivity index (χ1n) is 4.93. The van der Waals surface area contributed by atoms with Gasteiger partial charge in [0, 0.05) is 6.42 Å². The largest absolute Gasteiger partial charge is 0.388 e. The second-order valence-electron chi connectivity index (χ2n) is 3.62. The summed E-state index contributed by atoms with van der Waals surface area (Å²) in [5.74, 6) is -0.456. The molecule has 1 atom stereocenters. The van der Waals surface area contributed by atoms with Crippen LogP contribution in [0.15, 0.2) is 33.4 Å². The van der Waals surface area contributed by atoms with Gasteiger partial charge in [-0.1, -0.05) is 23.7 Å². The Morgan fingerprint density at radius 1 is 1.47 bits per heavy atom. The first kappa shape index (κ1) is 13.0. The second kappa shape index (κ2) is 5.48. The van der Waals surface area contributed by atoms with Crippen molar-refractivity contribution >= 4 is 38.9 Å². The van der Waals surface area contributed by atoms with Gasteiger partial charge in [-0.2, -0.15) is 0 Å². The quantitative estimate of drug-likeness (QED) is 0.870. The molecule has 2 rings (SSSR count). The highest BCUT2D eigenvalue weighted by Gasteiger charge is 2.14. The number of benzene rings is 1. The molecule has 1 unspecified atom stereocenters. The van der Waals surface area contributed by atoms with Crippen molar-refractivity contribution in [1.82, 2.24) is 0 Å². The standard InChI is InChI=1S/C12H9BrClFOS/c13-11-5-8(6-17-11)10(16)4-7-2-1-3-9(15)12(7)14/h1-3,5-6,10,16H,4H2. The lowest BCUT2D eigenvalue weighted by molar-refractivity contribution is 0.179. The Bertz CT molecular complexity index is 529. The summed E-state index contributed by atoms with van der Waals surface area (Å²) in [5.41, 5.74) is 1.42. The van der Waals surface area contributed by atoms with Gasteiger partial charge >= 0.3 is 0 Å². The molecule has 1 heterocycles. The minimum absolute atomic E-state index is 0.0841. The number of aliphatic hydroxyl groups is 1. The summed E-state index contributed by atoms with van der Waals surface area (Å²) in [5, 5.41) is 12.0. The van der Waals surface area contributed by atoms with E-state index in [-0.39, 0.29) is 5.02 Å². The van der Waals surface area contributed by atoms with Gasteiger partial charge < -0.3 is 5.11 Å². The van der Waals surface area contributed by atoms with Crippen molar-refractivity contribution in [3.05, 3.63) is 55.4 Å². The minimum Gasteiger partial charge on any atom is -0.388 e. The smallest absolute Gasteiger partial charge is 0.142 e. The Morgan fingerprint density at radius 3 is 2.88 bits per heavy atom. The third kappa shape index (κ3) is 3.07. The van der Waals surface area contributed by atoms with Crippen LogP contribution in [0.3, 0.4) is 0 Å². The maximum absolute atomic E-state index is 13.2. The van der Waals surface area contributed by atoms with Crippen molar-refractivity contribution in [1.29, 1.82) is 0 Å². The Morgan fingerprint density at radius 2 is 2.24 bits per heavy atom. The molecule has 0 spiro atoms. The van der Waals surface area contributed by atoms with Crippen molar-refractivity contribution in [2.75, 3.05) is 0 Å². The van der Waals surface area contributed by atoms with E-state index in [0.29, 0.717) is 12.0 Å². The molecular formula is C12H9BrClFOS. The van der Waals surface area contributed by atoms with Gasteiger partial charge in [0.25, 0.3) is 0 Å². The summed E-state index contributed by atoms with van der Waals surface area (Å²) in [7, 11) is 0. The normalized spacial score (nSPS) is 12.7. The molecule has 5 heteroatoms. The molecule has 0 saturated carbocycles. The monoisotopic (exact) mass is 334 g/mol. The van der Waals surface area contributed by atoms with Crippen LogP contribution >= 0.6 is 38.9 Å². The molecule has 0 fully saturated rings. The van der Waals surface area contributed by atoms with Gasteiger partial charge in [-0.05, 0) is 44.6 Å². The molecule has 1 aromatic carbocycles. The molecule has 0 aliphatic rings. The minimum atomic E-state index is -0.670. The predicted octanol–water partition coefficient (Wildman–Crippen LogP) is 4.58. The molecule has 0 aliphatic heterocycles. The zero-order chi connectivity index (χ0) is 12.4. The van der Waals surface area contributed by atoms with Gasteiger partial charge in [-0.25, -0.2) is 4.39 Å². The fourth-order valence-electron chi connectivity index (χ4n) is 1.53. The molecular weight excluding hydrogens is 327 g/mol. The van der Waals surface area contributed by atoms with E-state index in [1.807, 2.05) is 11.4 Å². The van der Waals surface area contributed by atoms with E-state index in [1.165, 1.54) is 17.4 Å². The maximum Gasteiger partial charge on any atom is 0.142 e. The molecule has 0 saturated heterocycles. The number of hydrogen-bond acceptors (Lipinski definition) is 2. The zero-order valence-corrected chi connectivity index (χ0v) is 11.8. The summed E-state index contributed by atoms with van der Waals surface area (Å²) in [6, 6.07) is 6.46. The van der Waals surface area contributed by atoms with Gasteiger partial charge in [-0.3, -0.25) is 0 Å². The number of hydrogen-bond donors (Lipinski definition) is 1. The lowest BCUT2D eigenvalue weighted by Gasteiger charge is -2.10. The van der Waals surface area contributed by atoms with Crippen molar-refractivity contribution < 1.29 is 9.50 Å². The van der Waals surface area contributed by atoms with E-state index in [9.17, 15) is 9.50 Å². The van der Waals surface area contributed by atoms with Crippen LogP contribution in [0.1, 0.15) is 17.2 Å². The Labute approximate surface area is 116 Å². The fourth-order valence-corrected chi connectivity index (χ4v) is 2.96. The van der Waals surface area contributed by atoms with Crippen LogP contribution in [0.2, 0.25) is 5.02 Å². The van der Waals surface area contributed by atoms with Crippen molar-refractivity contribution in [3.63, 3.8) is 0 Å². The van der Waals surface area contributed by atoms with Gasteiger partial charge in [0.1, 0.15) is 5.82 Å². The molecule has 1 N–H and O–H groups in total. The highest BCUT2D eigenvalue weighted by atomic mass is 79.9. The van der Waals surface area contributed by atoms with Crippen molar-refractivity contribution in [2.45, 2.75) is 12.5 Å². The van der Waals surface area contributed by atoms with Gasteiger partial charge in [0.15, 0.2) is 0 Å². The number of halogens is 3. The van der Waals surface area contributed by atoms with E-state index < -0.39 is 11.9 Å². The summed E-state index contributed by atoms with van der Waals surface area (Å²) >= 11 is 10.7. The van der Waals surface area contributed by atoms with Crippen molar-refractivity contribution in [3.8, 4) is 0 Å². The molecule has 0 aliphatic carbocycles. The second-order valence-corrected chi connectivity index (χ2v) is 6.29. The fraction of sp³-hybridized carbons (Fsp3) is 0.167. The van der Waals surface area contributed by atoms with E-state index in [2.05, 4.69) is 15.9 Å². The summed E-state index contributed by atoms with van der Waals surface area (Å²) in [6.07, 6.45) is -0.364. The van der Waals surface area contributed by atoms with Crippen molar-refractivity contribution in [2.24, 2.45) is 0 Å². The van der Waals surface area contributed by atoms with E-state index in [4.69, 9.17) is 11.6 Å². The highest BCUT2D eigenvalue weighted by Crippen LogP contribution is 2.29. The van der Waals surface area contributed by atoms with Gasteiger partial charge in [-0.15, -0.1) is 11.3 Å². The predicted molar refractivity (Wildman–Crippen MR) is 72.1 cm³/mol.